The zero-order chi connectivity index (χ0) is 13.8. The molecule has 8 heteroatoms. The van der Waals surface area contributed by atoms with Crippen LogP contribution in [0.1, 0.15) is 20.8 Å². The molecule has 0 aromatic rings. The second-order valence-electron chi connectivity index (χ2n) is 4.23. The summed E-state index contributed by atoms with van der Waals surface area (Å²) in [6, 6.07) is 1.18. The Bertz CT molecular complexity index is 427. The highest BCUT2D eigenvalue weighted by atomic mass is 32.2. The molecule has 2 N–H and O–H groups in total. The fraction of sp³-hybridized carbons (Fsp3) is 0.600. The third kappa shape index (κ3) is 3.92. The first-order valence-corrected chi connectivity index (χ1v) is 6.23. The van der Waals surface area contributed by atoms with E-state index in [1.165, 1.54) is 18.7 Å². The van der Waals surface area contributed by atoms with Gasteiger partial charge in [0.05, 0.1) is 17.4 Å². The second-order valence-corrected chi connectivity index (χ2v) is 5.20. The highest BCUT2D eigenvalue weighted by molar-refractivity contribution is 8.14. The Morgan fingerprint density at radius 1 is 1.72 bits per heavy atom. The Balaban J connectivity index is 2.59. The molecule has 1 atom stereocenters. The monoisotopic (exact) mass is 270 g/mol. The summed E-state index contributed by atoms with van der Waals surface area (Å²) >= 11 is 1.21. The van der Waals surface area contributed by atoms with Gasteiger partial charge in [-0.3, -0.25) is 9.63 Å². The largest absolute Gasteiger partial charge is 0.434 e. The average molecular weight is 270 g/mol. The fourth-order valence-corrected chi connectivity index (χ4v) is 2.05. The van der Waals surface area contributed by atoms with Gasteiger partial charge in [-0.15, -0.1) is 0 Å². The van der Waals surface area contributed by atoms with Crippen LogP contribution < -0.4 is 10.6 Å². The lowest BCUT2D eigenvalue weighted by molar-refractivity contribution is -0.119. The van der Waals surface area contributed by atoms with E-state index in [9.17, 15) is 9.59 Å². The van der Waals surface area contributed by atoms with Crippen LogP contribution in [0.3, 0.4) is 0 Å². The van der Waals surface area contributed by atoms with Crippen LogP contribution in [-0.2, 0) is 9.63 Å². The number of oxime groups is 1. The van der Waals surface area contributed by atoms with Crippen LogP contribution in [0.2, 0.25) is 0 Å². The summed E-state index contributed by atoms with van der Waals surface area (Å²) in [5, 5.41) is 17.7. The van der Waals surface area contributed by atoms with Crippen LogP contribution in [0.25, 0.3) is 0 Å². The molecule has 0 aromatic heterocycles. The molecule has 1 aliphatic heterocycles. The number of hydrogen-bond donors (Lipinski definition) is 2. The topological polar surface area (TPSA) is 104 Å². The summed E-state index contributed by atoms with van der Waals surface area (Å²) < 4.78 is 0. The molecule has 1 unspecified atom stereocenters. The Kier molecular flexibility index (Phi) is 4.55. The second kappa shape index (κ2) is 5.73. The lowest BCUT2D eigenvalue weighted by atomic mass is 10.1. The van der Waals surface area contributed by atoms with E-state index in [1.807, 2.05) is 6.07 Å². The smallest absolute Gasteiger partial charge is 0.344 e. The lowest BCUT2D eigenvalue weighted by Crippen LogP contribution is -2.53. The summed E-state index contributed by atoms with van der Waals surface area (Å²) in [6.07, 6.45) is -0.801. The van der Waals surface area contributed by atoms with Gasteiger partial charge in [0.1, 0.15) is 11.1 Å². The minimum atomic E-state index is -0.801. The maximum atomic E-state index is 11.2. The minimum absolute atomic E-state index is 0.0912. The van der Waals surface area contributed by atoms with Gasteiger partial charge in [-0.25, -0.2) is 4.79 Å². The van der Waals surface area contributed by atoms with Crippen molar-refractivity contribution >= 4 is 28.8 Å². The summed E-state index contributed by atoms with van der Waals surface area (Å²) in [7, 11) is 0. The highest BCUT2D eigenvalue weighted by Crippen LogP contribution is 2.22. The van der Waals surface area contributed by atoms with E-state index in [1.54, 1.807) is 13.8 Å². The summed E-state index contributed by atoms with van der Waals surface area (Å²) in [6.45, 7) is 5.04. The van der Waals surface area contributed by atoms with Gasteiger partial charge in [0.25, 0.3) is 0 Å². The molecule has 18 heavy (non-hydrogen) atoms. The molecule has 0 aliphatic carbocycles. The van der Waals surface area contributed by atoms with Crippen molar-refractivity contribution in [3.63, 3.8) is 0 Å². The minimum Gasteiger partial charge on any atom is -0.344 e. The van der Waals surface area contributed by atoms with Crippen LogP contribution in [0, 0.1) is 11.3 Å². The Hall–Kier alpha value is -1.75. The number of amides is 2. The first-order valence-electron chi connectivity index (χ1n) is 5.24. The van der Waals surface area contributed by atoms with Gasteiger partial charge >= 0.3 is 6.09 Å². The van der Waals surface area contributed by atoms with Crippen LogP contribution in [0.5, 0.6) is 0 Å². The molecule has 0 aromatic carbocycles. The molecule has 1 saturated heterocycles. The van der Waals surface area contributed by atoms with Gasteiger partial charge in [-0.2, -0.15) is 5.26 Å². The molecule has 0 saturated carbocycles. The maximum absolute atomic E-state index is 11.2. The van der Waals surface area contributed by atoms with Crippen molar-refractivity contribution in [2.45, 2.75) is 32.4 Å². The van der Waals surface area contributed by atoms with Crippen LogP contribution >= 0.6 is 11.8 Å². The fourth-order valence-electron chi connectivity index (χ4n) is 1.21. The molecule has 98 valence electrons. The van der Waals surface area contributed by atoms with E-state index in [0.29, 0.717) is 5.04 Å². The maximum Gasteiger partial charge on any atom is 0.434 e. The van der Waals surface area contributed by atoms with Gasteiger partial charge in [-0.05, 0) is 20.8 Å². The molecule has 0 bridgehead atoms. The van der Waals surface area contributed by atoms with E-state index in [-0.39, 0.29) is 11.7 Å². The van der Waals surface area contributed by atoms with E-state index in [4.69, 9.17) is 5.26 Å². The zero-order valence-corrected chi connectivity index (χ0v) is 11.1. The van der Waals surface area contributed by atoms with Crippen molar-refractivity contribution in [3.05, 3.63) is 0 Å². The van der Waals surface area contributed by atoms with Crippen LogP contribution in [0.4, 0.5) is 4.79 Å². The number of carbonyl (C=O) groups is 2. The van der Waals surface area contributed by atoms with Crippen molar-refractivity contribution in [1.82, 2.24) is 10.6 Å². The van der Waals surface area contributed by atoms with Gasteiger partial charge in [0.2, 0.25) is 5.91 Å². The number of nitrogens with one attached hydrogen (secondary N) is 2. The van der Waals surface area contributed by atoms with Crippen molar-refractivity contribution < 1.29 is 14.4 Å². The number of nitriles is 1. The molecule has 1 fully saturated rings. The highest BCUT2D eigenvalue weighted by Gasteiger charge is 2.33. The number of hydrogen-bond acceptors (Lipinski definition) is 6. The van der Waals surface area contributed by atoms with Crippen molar-refractivity contribution in [2.75, 3.05) is 5.75 Å². The first-order chi connectivity index (χ1) is 8.35. The molecule has 1 heterocycles. The molecule has 0 radical (unpaired) electrons. The van der Waals surface area contributed by atoms with Gasteiger partial charge in [0.15, 0.2) is 0 Å². The Labute approximate surface area is 109 Å². The lowest BCUT2D eigenvalue weighted by Gasteiger charge is -2.30. The predicted octanol–water partition coefficient (Wildman–Crippen LogP) is 0.580. The Morgan fingerprint density at radius 2 is 2.39 bits per heavy atom. The first kappa shape index (κ1) is 14.3. The van der Waals surface area contributed by atoms with E-state index in [2.05, 4.69) is 20.6 Å². The van der Waals surface area contributed by atoms with Gasteiger partial charge < -0.3 is 10.6 Å². The van der Waals surface area contributed by atoms with Crippen molar-refractivity contribution in [2.24, 2.45) is 5.16 Å². The van der Waals surface area contributed by atoms with E-state index >= 15 is 0 Å². The molecule has 1 aliphatic rings. The SMILES string of the molecule is CC(C#N)NC(=O)ON=C1SCC(=O)NC1(C)C. The molecule has 2 amide bonds. The third-order valence-electron chi connectivity index (χ3n) is 2.07. The third-order valence-corrected chi connectivity index (χ3v) is 3.33. The standard InChI is InChI=1S/C10H14N4O3S/c1-6(4-11)12-9(16)17-14-8-10(2,3)13-7(15)5-18-8/h6H,5H2,1-3H3,(H,12,16)(H,13,15). The van der Waals surface area contributed by atoms with E-state index in [0.717, 1.165) is 0 Å². The molecule has 7 nitrogen and oxygen atoms in total. The van der Waals surface area contributed by atoms with Crippen molar-refractivity contribution in [3.8, 4) is 6.07 Å². The quantitative estimate of drug-likeness (QED) is 0.564. The predicted molar refractivity (Wildman–Crippen MR) is 66.8 cm³/mol. The summed E-state index contributed by atoms with van der Waals surface area (Å²) in [5.74, 6) is 0.147. The number of carbonyl (C=O) groups excluding carboxylic acids is 2. The van der Waals surface area contributed by atoms with Gasteiger partial charge in [-0.1, -0.05) is 16.9 Å². The average Bonchev–Trinajstić information content (AvgIpc) is 2.26. The normalized spacial score (nSPS) is 21.7. The molecular weight excluding hydrogens is 256 g/mol. The van der Waals surface area contributed by atoms with E-state index < -0.39 is 17.7 Å². The van der Waals surface area contributed by atoms with Crippen LogP contribution in [-0.4, -0.2) is 34.4 Å². The number of thioether (sulfide) groups is 1. The number of nitrogens with zero attached hydrogens (tertiary/aromatic N) is 2. The van der Waals surface area contributed by atoms with Gasteiger partial charge in [0, 0.05) is 0 Å². The zero-order valence-electron chi connectivity index (χ0n) is 10.3. The molecule has 0 spiro atoms. The molecule has 1 rings (SSSR count). The Morgan fingerprint density at radius 3 is 2.94 bits per heavy atom. The van der Waals surface area contributed by atoms with Crippen molar-refractivity contribution in [1.29, 1.82) is 5.26 Å². The van der Waals surface area contributed by atoms with Crippen LogP contribution in [0.15, 0.2) is 5.16 Å². The number of rotatable bonds is 2. The summed E-state index contributed by atoms with van der Waals surface area (Å²) in [5.41, 5.74) is -0.666. The molecular formula is C10H14N4O3S. The summed E-state index contributed by atoms with van der Waals surface area (Å²) in [4.78, 5) is 27.1.